The highest BCUT2D eigenvalue weighted by atomic mass is 16.6. The number of carbonyl (C=O) groups excluding carboxylic acids is 11. The van der Waals surface area contributed by atoms with Crippen molar-refractivity contribution < 1.29 is 85.9 Å². The van der Waals surface area contributed by atoms with Gasteiger partial charge in [-0.1, -0.05) is 127 Å². The molecule has 5 aromatic carbocycles. The highest BCUT2D eigenvalue weighted by Crippen LogP contribution is 2.48. The number of hydrogen-bond acceptors (Lipinski definition) is 18. The number of ether oxygens (including phenoxy) is 7. The molecule has 4 aliphatic heterocycles. The third-order valence-electron chi connectivity index (χ3n) is 31.0. The zero-order chi connectivity index (χ0) is 105. The Kier molecular flexibility index (Phi) is 36.0. The Morgan fingerprint density at radius 2 is 0.568 bits per heavy atom. The summed E-state index contributed by atoms with van der Waals surface area (Å²) in [6, 6.07) is 41.8. The largest absolute Gasteiger partial charge is 0.464 e. The smallest absolute Gasteiger partial charge is 0.410 e. The number of rotatable bonds is 19. The SMILES string of the molecule is CC(C)OC(=O)[C@@H]1CC2=C(Cc3ccccc32)CN1C(=O)C1CCC(CN(C)C(=O)OC(C)(C)C)CC1.CC1CC2=C(Cc3ccccc32)CN1C(=O)C1CCC(CN(C)C(=O)OC(C)(C)C)CC1.CCOC(=O)[C@@H]1CC2=C(Cc3ccccc32)CN1C(=O)C1CCC(CN(C)C(=O)OC(C)(C)C)CC1.CN(CC1CCC(C(=O)N2CC3=C(C[C@H]2C(=O)OCc2ccccc2)c2ccccc2C3)CC1)C(=O)OC(C)(C)C. The highest BCUT2D eigenvalue weighted by Gasteiger charge is 2.48. The summed E-state index contributed by atoms with van der Waals surface area (Å²) in [7, 11) is 7.13. The van der Waals surface area contributed by atoms with E-state index >= 15 is 0 Å². The molecule has 17 rings (SSSR count). The van der Waals surface area contributed by atoms with E-state index in [0.717, 1.165) is 147 Å². The lowest BCUT2D eigenvalue weighted by molar-refractivity contribution is -0.159. The van der Waals surface area contributed by atoms with Gasteiger partial charge in [-0.25, -0.2) is 33.6 Å². The predicted octanol–water partition coefficient (Wildman–Crippen LogP) is 21.4. The van der Waals surface area contributed by atoms with Crippen LogP contribution in [0.25, 0.3) is 22.3 Å². The molecule has 4 saturated carbocycles. The number of benzene rings is 5. The Balaban J connectivity index is 0.000000154. The van der Waals surface area contributed by atoms with E-state index in [2.05, 4.69) is 72.5 Å². The van der Waals surface area contributed by atoms with Crippen LogP contribution < -0.4 is 0 Å². The second-order valence-electron chi connectivity index (χ2n) is 47.4. The molecule has 8 aliphatic carbocycles. The minimum atomic E-state index is -0.632. The standard InChI is InChI=1S/C34H42N2O5.C30H42N2O5.C29H40N2O5.C27H38N2O3/c1-34(2,3)41-33(39)35(4)20-23-14-16-25(17-15-23)31(37)36-21-27-18-26-12-8-9-13-28(26)29(27)19-30(36)32(38)40-22-24-10-6-5-7-11-24;1-19(2)36-28(34)26-16-25-23(15-22-9-7-8-10-24(22)25)18-32(26)27(33)21-13-11-20(12-14-21)17-31(6)29(35)37-30(3,4)5;1-6-35-27(33)25-16-24-22(15-21-9-7-8-10-23(21)24)18-31(25)26(32)20-13-11-19(12-14-20)17-30(5)28(34)36-29(2,3)4;1-18-14-24-22(15-21-8-6-7-9-23(21)24)17-29(18)25(30)20-12-10-19(11-13-20)16-28(5)26(31)32-27(2,3)4/h5-13,23,25,30H,14-22H2,1-4H3;7-10,19-21,26H,11-18H2,1-6H3;7-10,19-20,25H,6,11-18H2,1-5H3;6-9,18-20H,10-17H2,1-5H3/t23?,25?,30-;20?,21?,26-;19?,20?,25-;/m000./s1. The molecule has 0 spiro atoms. The van der Waals surface area contributed by atoms with Gasteiger partial charge >= 0.3 is 42.3 Å². The van der Waals surface area contributed by atoms with E-state index in [1.807, 2.05) is 171 Å². The van der Waals surface area contributed by atoms with Gasteiger partial charge in [0.1, 0.15) is 47.1 Å². The van der Waals surface area contributed by atoms with E-state index in [-0.39, 0.29) is 102 Å². The van der Waals surface area contributed by atoms with E-state index in [1.165, 1.54) is 89.1 Å². The maximum absolute atomic E-state index is 14.0. The van der Waals surface area contributed by atoms with Crippen molar-refractivity contribution in [3.05, 3.63) is 200 Å². The molecule has 0 aromatic heterocycles. The number of hydrogen-bond donors (Lipinski definition) is 0. The van der Waals surface area contributed by atoms with Gasteiger partial charge in [-0.2, -0.15) is 0 Å². The summed E-state index contributed by atoms with van der Waals surface area (Å²) in [5, 5.41) is 0. The second-order valence-corrected chi connectivity index (χ2v) is 47.4. The van der Waals surface area contributed by atoms with Crippen molar-refractivity contribution in [3.8, 4) is 0 Å². The van der Waals surface area contributed by atoms with Gasteiger partial charge in [0.25, 0.3) is 0 Å². The van der Waals surface area contributed by atoms with E-state index < -0.39 is 40.5 Å². The fraction of sp³-hybridized carbons (Fsp3) is 0.592. The van der Waals surface area contributed by atoms with Gasteiger partial charge in [-0.3, -0.25) is 19.2 Å². The van der Waals surface area contributed by atoms with Crippen molar-refractivity contribution in [2.75, 3.05) is 87.2 Å². The topological polar surface area (TPSA) is 278 Å². The molecule has 5 aromatic rings. The molecular formula is C120H162N8O18. The third kappa shape index (κ3) is 28.3. The molecule has 4 heterocycles. The molecule has 1 unspecified atom stereocenters. The van der Waals surface area contributed by atoms with Crippen molar-refractivity contribution >= 4 is 88.2 Å². The number of carbonyl (C=O) groups is 11. The molecule has 0 radical (unpaired) electrons. The average molecular weight is 2000 g/mol. The van der Waals surface area contributed by atoms with Crippen LogP contribution in [0.4, 0.5) is 19.2 Å². The second kappa shape index (κ2) is 47.7. The molecule has 12 aliphatic rings. The zero-order valence-electron chi connectivity index (χ0n) is 90.6. The Bertz CT molecular complexity index is 5670. The van der Waals surface area contributed by atoms with Gasteiger partial charge in [-0.15, -0.1) is 0 Å². The predicted molar refractivity (Wildman–Crippen MR) is 566 cm³/mol. The van der Waals surface area contributed by atoms with Gasteiger partial charge in [0, 0.05) is 130 Å². The summed E-state index contributed by atoms with van der Waals surface area (Å²) in [6.45, 7) is 35.4. The van der Waals surface area contributed by atoms with Crippen LogP contribution in [0.3, 0.4) is 0 Å². The minimum absolute atomic E-state index is 0.0492. The molecule has 26 heteroatoms. The lowest BCUT2D eigenvalue weighted by Gasteiger charge is -2.39. The molecule has 790 valence electrons. The van der Waals surface area contributed by atoms with E-state index in [0.29, 0.717) is 101 Å². The first kappa shape index (κ1) is 110. The quantitative estimate of drug-likeness (QED) is 0.0548. The molecule has 0 N–H and O–H groups in total. The summed E-state index contributed by atoms with van der Waals surface area (Å²) in [5.74, 6) is 0.757. The first-order valence-corrected chi connectivity index (χ1v) is 53.9. The van der Waals surface area contributed by atoms with Crippen LogP contribution >= 0.6 is 0 Å². The first-order chi connectivity index (χ1) is 69.2. The van der Waals surface area contributed by atoms with Crippen molar-refractivity contribution in [2.45, 2.75) is 324 Å². The van der Waals surface area contributed by atoms with Crippen molar-refractivity contribution in [2.24, 2.45) is 47.3 Å². The van der Waals surface area contributed by atoms with Gasteiger partial charge < -0.3 is 72.4 Å². The fourth-order valence-corrected chi connectivity index (χ4v) is 23.7. The summed E-state index contributed by atoms with van der Waals surface area (Å²) in [4.78, 5) is 158. The summed E-state index contributed by atoms with van der Waals surface area (Å²) < 4.78 is 38.7. The molecular weight excluding hydrogens is 1840 g/mol. The lowest BCUT2D eigenvalue weighted by Crippen LogP contribution is -2.51. The molecule has 0 saturated heterocycles. The molecule has 26 nitrogen and oxygen atoms in total. The van der Waals surface area contributed by atoms with Gasteiger partial charge in [0.2, 0.25) is 23.6 Å². The molecule has 8 amide bonds. The molecule has 4 atom stereocenters. The van der Waals surface area contributed by atoms with Crippen molar-refractivity contribution in [1.29, 1.82) is 0 Å². The van der Waals surface area contributed by atoms with E-state index in [4.69, 9.17) is 33.2 Å². The van der Waals surface area contributed by atoms with Gasteiger partial charge in [-0.05, 0) is 364 Å². The monoisotopic (exact) mass is 2000 g/mol. The normalized spacial score (nSPS) is 23.5. The summed E-state index contributed by atoms with van der Waals surface area (Å²) in [6.07, 6.45) is 18.2. The summed E-state index contributed by atoms with van der Waals surface area (Å²) >= 11 is 0. The Labute approximate surface area is 866 Å². The fourth-order valence-electron chi connectivity index (χ4n) is 23.7. The van der Waals surface area contributed by atoms with E-state index in [9.17, 15) is 52.7 Å². The first-order valence-electron chi connectivity index (χ1n) is 53.9. The van der Waals surface area contributed by atoms with Crippen molar-refractivity contribution in [1.82, 2.24) is 39.2 Å². The third-order valence-corrected chi connectivity index (χ3v) is 31.0. The number of fused-ring (bicyclic) bond motifs is 8. The van der Waals surface area contributed by atoms with Crippen LogP contribution in [0.2, 0.25) is 0 Å². The van der Waals surface area contributed by atoms with Crippen LogP contribution in [0.5, 0.6) is 0 Å². The van der Waals surface area contributed by atoms with Crippen LogP contribution in [0, 0.1) is 47.3 Å². The van der Waals surface area contributed by atoms with Crippen LogP contribution in [0.15, 0.2) is 150 Å². The van der Waals surface area contributed by atoms with E-state index in [1.54, 1.807) is 62.4 Å². The number of nitrogens with zero attached hydrogens (tertiary/aromatic N) is 8. The highest BCUT2D eigenvalue weighted by molar-refractivity contribution is 5.95. The molecule has 4 fully saturated rings. The number of esters is 3. The van der Waals surface area contributed by atoms with Crippen LogP contribution in [-0.2, 0) is 99.0 Å². The average Bonchev–Trinajstić information content (AvgIpc) is 1.58. The maximum Gasteiger partial charge on any atom is 0.410 e. The van der Waals surface area contributed by atoms with Crippen molar-refractivity contribution in [3.63, 3.8) is 0 Å². The van der Waals surface area contributed by atoms with Gasteiger partial charge in [0.15, 0.2) is 0 Å². The van der Waals surface area contributed by atoms with Crippen LogP contribution in [0.1, 0.15) is 289 Å². The Hall–Kier alpha value is -11.6. The molecule has 0 bridgehead atoms. The molecule has 146 heavy (non-hydrogen) atoms. The van der Waals surface area contributed by atoms with Gasteiger partial charge in [0.05, 0.1) is 12.7 Å². The van der Waals surface area contributed by atoms with Crippen LogP contribution in [-0.4, -0.2) is 245 Å². The minimum Gasteiger partial charge on any atom is -0.464 e. The lowest BCUT2D eigenvalue weighted by atomic mass is 9.80. The number of amides is 8. The Morgan fingerprint density at radius 3 is 0.842 bits per heavy atom. The summed E-state index contributed by atoms with van der Waals surface area (Å²) in [5.41, 5.74) is 19.4. The Morgan fingerprint density at radius 1 is 0.322 bits per heavy atom. The maximum atomic E-state index is 14.0. The zero-order valence-corrected chi connectivity index (χ0v) is 90.6.